The molecule has 1 unspecified atom stereocenters. The Morgan fingerprint density at radius 3 is 2.62 bits per heavy atom. The van der Waals surface area contributed by atoms with Crippen molar-refractivity contribution in [2.24, 2.45) is 0 Å². The van der Waals surface area contributed by atoms with Crippen LogP contribution in [0.5, 0.6) is 0 Å². The Balaban J connectivity index is 2.48. The van der Waals surface area contributed by atoms with E-state index < -0.39 is 10.8 Å². The number of hydrogen-bond acceptors (Lipinski definition) is 1. The molecule has 1 aromatic carbocycles. The fourth-order valence-corrected chi connectivity index (χ4v) is 2.16. The van der Waals surface area contributed by atoms with Crippen LogP contribution < -0.4 is 0 Å². The zero-order chi connectivity index (χ0) is 9.26. The van der Waals surface area contributed by atoms with Gasteiger partial charge in [-0.2, -0.15) is 0 Å². The number of halogens is 1. The van der Waals surface area contributed by atoms with Crippen molar-refractivity contribution in [3.63, 3.8) is 0 Å². The van der Waals surface area contributed by atoms with Crippen molar-refractivity contribution in [3.8, 4) is 0 Å². The molecule has 0 N–H and O–H groups in total. The smallest absolute Gasteiger partial charge is 0.131 e. The van der Waals surface area contributed by atoms with Crippen LogP contribution in [0.15, 0.2) is 41.8 Å². The van der Waals surface area contributed by atoms with Crippen LogP contribution in [0.2, 0.25) is 0 Å². The molecule has 0 aromatic heterocycles. The molecule has 0 amide bonds. The van der Waals surface area contributed by atoms with Crippen molar-refractivity contribution in [2.45, 2.75) is 0 Å². The molecule has 1 atom stereocenters. The Morgan fingerprint density at radius 1 is 1.23 bits per heavy atom. The van der Waals surface area contributed by atoms with Gasteiger partial charge in [-0.3, -0.25) is 0 Å². The lowest BCUT2D eigenvalue weighted by Crippen LogP contribution is -1.91. The molecule has 3 heteroatoms. The van der Waals surface area contributed by atoms with Gasteiger partial charge >= 0.3 is 0 Å². The van der Waals surface area contributed by atoms with Gasteiger partial charge in [-0.1, -0.05) is 24.3 Å². The fraction of sp³-hybridized carbons (Fsp3) is 0. The maximum absolute atomic E-state index is 13.2. The van der Waals surface area contributed by atoms with Gasteiger partial charge in [0.15, 0.2) is 0 Å². The highest BCUT2D eigenvalue weighted by atomic mass is 32.2. The molecule has 1 aromatic rings. The fourth-order valence-electron chi connectivity index (χ4n) is 1.20. The third-order valence-corrected chi connectivity index (χ3v) is 3.00. The molecule has 1 aliphatic heterocycles. The maximum Gasteiger partial charge on any atom is 0.131 e. The number of benzene rings is 1. The first-order valence-corrected chi connectivity index (χ1v) is 5.04. The van der Waals surface area contributed by atoms with E-state index in [2.05, 4.69) is 0 Å². The monoisotopic (exact) mass is 194 g/mol. The van der Waals surface area contributed by atoms with Crippen molar-refractivity contribution >= 4 is 15.7 Å². The highest BCUT2D eigenvalue weighted by Crippen LogP contribution is 2.25. The Labute approximate surface area is 78.0 Å². The number of rotatable bonds is 1. The summed E-state index contributed by atoms with van der Waals surface area (Å²) in [4.78, 5) is 0.540. The first-order valence-electron chi connectivity index (χ1n) is 3.83. The first kappa shape index (κ1) is 8.38. The van der Waals surface area contributed by atoms with Gasteiger partial charge in [0.2, 0.25) is 0 Å². The van der Waals surface area contributed by atoms with Gasteiger partial charge in [0.1, 0.15) is 5.82 Å². The third kappa shape index (κ3) is 1.47. The lowest BCUT2D eigenvalue weighted by Gasteiger charge is -2.01. The van der Waals surface area contributed by atoms with Gasteiger partial charge < -0.3 is 0 Å². The Bertz CT molecular complexity index is 421. The lowest BCUT2D eigenvalue weighted by atomic mass is 10.2. The Morgan fingerprint density at radius 2 is 2.00 bits per heavy atom. The third-order valence-electron chi connectivity index (χ3n) is 1.81. The molecule has 0 bridgehead atoms. The van der Waals surface area contributed by atoms with E-state index in [0.29, 0.717) is 10.5 Å². The largest absolute Gasteiger partial charge is 0.250 e. The molecule has 0 fully saturated rings. The van der Waals surface area contributed by atoms with Crippen molar-refractivity contribution in [2.75, 3.05) is 0 Å². The van der Waals surface area contributed by atoms with E-state index in [4.69, 9.17) is 0 Å². The summed E-state index contributed by atoms with van der Waals surface area (Å²) in [5.41, 5.74) is 0.422. The molecule has 1 heterocycles. The van der Waals surface area contributed by atoms with Crippen LogP contribution in [0, 0.1) is 5.82 Å². The number of hydrogen-bond donors (Lipinski definition) is 0. The molecular weight excluding hydrogens is 187 g/mol. The molecule has 0 saturated carbocycles. The molecule has 66 valence electrons. The average Bonchev–Trinajstić information content (AvgIpc) is 2.52. The van der Waals surface area contributed by atoms with Crippen molar-refractivity contribution < 1.29 is 8.60 Å². The predicted molar refractivity (Wildman–Crippen MR) is 51.7 cm³/mol. The first-order chi connectivity index (χ1) is 6.29. The summed E-state index contributed by atoms with van der Waals surface area (Å²) in [7, 11) is -1.18. The van der Waals surface area contributed by atoms with E-state index in [9.17, 15) is 8.60 Å². The molecule has 2 rings (SSSR count). The Kier molecular flexibility index (Phi) is 2.10. The molecule has 0 spiro atoms. The van der Waals surface area contributed by atoms with E-state index in [1.807, 2.05) is 0 Å². The van der Waals surface area contributed by atoms with Crippen molar-refractivity contribution in [1.82, 2.24) is 0 Å². The molecular formula is C10H7FOS. The molecule has 0 aliphatic carbocycles. The van der Waals surface area contributed by atoms with E-state index in [1.54, 1.807) is 35.8 Å². The van der Waals surface area contributed by atoms with Crippen LogP contribution in [-0.4, -0.2) is 4.21 Å². The minimum atomic E-state index is -1.18. The normalized spacial score (nSPS) is 20.4. The van der Waals surface area contributed by atoms with Crippen molar-refractivity contribution in [1.29, 1.82) is 0 Å². The minimum absolute atomic E-state index is 0.328. The van der Waals surface area contributed by atoms with Gasteiger partial charge in [-0.05, 0) is 12.1 Å². The maximum atomic E-state index is 13.2. The van der Waals surface area contributed by atoms with Gasteiger partial charge in [0, 0.05) is 11.0 Å². The molecule has 0 saturated heterocycles. The van der Waals surface area contributed by atoms with E-state index in [0.717, 1.165) is 0 Å². The quantitative estimate of drug-likeness (QED) is 0.671. The molecule has 13 heavy (non-hydrogen) atoms. The van der Waals surface area contributed by atoms with Crippen LogP contribution in [0.3, 0.4) is 0 Å². The highest BCUT2D eigenvalue weighted by Gasteiger charge is 2.13. The van der Waals surface area contributed by atoms with Gasteiger partial charge in [0.05, 0.1) is 15.7 Å². The zero-order valence-corrected chi connectivity index (χ0v) is 7.55. The summed E-state index contributed by atoms with van der Waals surface area (Å²) in [6.07, 6.45) is 3.35. The molecule has 1 nitrogen and oxygen atoms in total. The zero-order valence-electron chi connectivity index (χ0n) is 6.74. The minimum Gasteiger partial charge on any atom is -0.250 e. The highest BCUT2D eigenvalue weighted by molar-refractivity contribution is 7.97. The SMILES string of the molecule is O=S1C=CC=C1c1ccccc1F. The van der Waals surface area contributed by atoms with Gasteiger partial charge in [-0.25, -0.2) is 8.60 Å². The standard InChI is InChI=1S/C10H7FOS/c11-9-5-2-1-4-8(9)10-6-3-7-13(10)12/h1-7H. The average molecular weight is 194 g/mol. The van der Waals surface area contributed by atoms with E-state index in [1.165, 1.54) is 6.07 Å². The molecule has 0 radical (unpaired) electrons. The van der Waals surface area contributed by atoms with Crippen LogP contribution >= 0.6 is 0 Å². The topological polar surface area (TPSA) is 17.1 Å². The van der Waals surface area contributed by atoms with E-state index >= 15 is 0 Å². The van der Waals surface area contributed by atoms with E-state index in [-0.39, 0.29) is 5.82 Å². The summed E-state index contributed by atoms with van der Waals surface area (Å²) < 4.78 is 24.5. The van der Waals surface area contributed by atoms with Crippen LogP contribution in [0.4, 0.5) is 4.39 Å². The summed E-state index contributed by atoms with van der Waals surface area (Å²) in [6, 6.07) is 6.34. The lowest BCUT2D eigenvalue weighted by molar-refractivity contribution is 0.624. The predicted octanol–water partition coefficient (Wildman–Crippen LogP) is 2.44. The second kappa shape index (κ2) is 3.26. The van der Waals surface area contributed by atoms with Gasteiger partial charge in [0.25, 0.3) is 0 Å². The van der Waals surface area contributed by atoms with Crippen LogP contribution in [0.25, 0.3) is 4.91 Å². The summed E-state index contributed by atoms with van der Waals surface area (Å²) in [5, 5.41) is 1.54. The van der Waals surface area contributed by atoms with Crippen molar-refractivity contribution in [3.05, 3.63) is 53.2 Å². The van der Waals surface area contributed by atoms with Gasteiger partial charge in [-0.15, -0.1) is 0 Å². The second-order valence-electron chi connectivity index (χ2n) is 2.64. The summed E-state index contributed by atoms with van der Waals surface area (Å²) >= 11 is 0. The van der Waals surface area contributed by atoms with Crippen LogP contribution in [0.1, 0.15) is 5.56 Å². The Hall–Kier alpha value is -1.22. The number of allylic oxidation sites excluding steroid dienone is 2. The molecule has 1 aliphatic rings. The second-order valence-corrected chi connectivity index (χ2v) is 3.94. The van der Waals surface area contributed by atoms with Crippen LogP contribution in [-0.2, 0) is 10.8 Å². The summed E-state index contributed by atoms with van der Waals surface area (Å²) in [6.45, 7) is 0. The summed E-state index contributed by atoms with van der Waals surface area (Å²) in [5.74, 6) is -0.328.